The highest BCUT2D eigenvalue weighted by Gasteiger charge is 2.28. The van der Waals surface area contributed by atoms with Crippen molar-refractivity contribution in [3.8, 4) is 0 Å². The zero-order valence-corrected chi connectivity index (χ0v) is 12.6. The van der Waals surface area contributed by atoms with Gasteiger partial charge >= 0.3 is 5.97 Å². The van der Waals surface area contributed by atoms with Crippen LogP contribution in [0.5, 0.6) is 0 Å². The molecule has 5 heteroatoms. The highest BCUT2D eigenvalue weighted by Crippen LogP contribution is 2.32. The van der Waals surface area contributed by atoms with Crippen molar-refractivity contribution in [3.05, 3.63) is 36.0 Å². The molecule has 1 aliphatic carbocycles. The molecule has 1 fully saturated rings. The molecule has 1 heterocycles. The smallest absolute Gasteiger partial charge is 0.310 e. The molecule has 1 amide bonds. The van der Waals surface area contributed by atoms with Crippen LogP contribution in [0.25, 0.3) is 10.9 Å². The van der Waals surface area contributed by atoms with E-state index in [-0.39, 0.29) is 30.9 Å². The van der Waals surface area contributed by atoms with Gasteiger partial charge in [0.25, 0.3) is 5.91 Å². The zero-order valence-electron chi connectivity index (χ0n) is 12.6. The number of aromatic amines is 1. The highest BCUT2D eigenvalue weighted by atomic mass is 16.5. The molecule has 3 rings (SSSR count). The van der Waals surface area contributed by atoms with E-state index in [9.17, 15) is 9.59 Å². The fourth-order valence-electron chi connectivity index (χ4n) is 2.64. The van der Waals surface area contributed by atoms with Crippen molar-refractivity contribution in [1.29, 1.82) is 0 Å². The summed E-state index contributed by atoms with van der Waals surface area (Å²) in [5.74, 6) is -0.0310. The number of hydrogen-bond donors (Lipinski definition) is 2. The number of ether oxygens (including phenoxy) is 1. The minimum Gasteiger partial charge on any atom is -0.455 e. The van der Waals surface area contributed by atoms with Crippen LogP contribution in [-0.4, -0.2) is 29.5 Å². The van der Waals surface area contributed by atoms with Crippen LogP contribution in [0, 0.1) is 5.92 Å². The molecule has 1 aromatic carbocycles. The highest BCUT2D eigenvalue weighted by molar-refractivity contribution is 5.88. The number of fused-ring (bicyclic) bond motifs is 1. The number of carbonyl (C=O) groups excluding carboxylic acids is 2. The Bertz CT molecular complexity index is 688. The van der Waals surface area contributed by atoms with Gasteiger partial charge in [0.2, 0.25) is 0 Å². The average Bonchev–Trinajstić information content (AvgIpc) is 3.29. The zero-order chi connectivity index (χ0) is 15.5. The Morgan fingerprint density at radius 3 is 2.91 bits per heavy atom. The largest absolute Gasteiger partial charge is 0.455 e. The SMILES string of the molecule is C[C@H](NC(=O)COC(=O)Cc1c[nH]c2ccccc12)C1CC1. The van der Waals surface area contributed by atoms with Crippen molar-refractivity contribution in [3.63, 3.8) is 0 Å². The summed E-state index contributed by atoms with van der Waals surface area (Å²) in [5, 5.41) is 3.87. The molecule has 116 valence electrons. The van der Waals surface area contributed by atoms with Gasteiger partial charge in [0, 0.05) is 23.1 Å². The van der Waals surface area contributed by atoms with Crippen molar-refractivity contribution >= 4 is 22.8 Å². The predicted octanol–water partition coefficient (Wildman–Crippen LogP) is 2.17. The van der Waals surface area contributed by atoms with Crippen LogP contribution >= 0.6 is 0 Å². The van der Waals surface area contributed by atoms with Gasteiger partial charge in [-0.1, -0.05) is 18.2 Å². The first-order valence-electron chi connectivity index (χ1n) is 7.63. The summed E-state index contributed by atoms with van der Waals surface area (Å²) in [5.41, 5.74) is 1.87. The number of aromatic nitrogens is 1. The molecular formula is C17H20N2O3. The first kappa shape index (κ1) is 14.6. The monoisotopic (exact) mass is 300 g/mol. The summed E-state index contributed by atoms with van der Waals surface area (Å²) in [4.78, 5) is 26.7. The third-order valence-electron chi connectivity index (χ3n) is 4.09. The van der Waals surface area contributed by atoms with Crippen LogP contribution < -0.4 is 5.32 Å². The Morgan fingerprint density at radius 2 is 2.14 bits per heavy atom. The summed E-state index contributed by atoms with van der Waals surface area (Å²) < 4.78 is 5.06. The maximum absolute atomic E-state index is 11.9. The van der Waals surface area contributed by atoms with Crippen LogP contribution in [0.1, 0.15) is 25.3 Å². The molecule has 0 spiro atoms. The minimum absolute atomic E-state index is 0.162. The second-order valence-electron chi connectivity index (χ2n) is 5.89. The molecule has 0 radical (unpaired) electrons. The summed E-state index contributed by atoms with van der Waals surface area (Å²) >= 11 is 0. The predicted molar refractivity (Wildman–Crippen MR) is 83.3 cm³/mol. The number of carbonyl (C=O) groups is 2. The van der Waals surface area contributed by atoms with Crippen LogP contribution in [0.3, 0.4) is 0 Å². The van der Waals surface area contributed by atoms with E-state index >= 15 is 0 Å². The number of H-pyrrole nitrogens is 1. The third-order valence-corrected chi connectivity index (χ3v) is 4.09. The summed E-state index contributed by atoms with van der Waals surface area (Å²) in [6, 6.07) is 7.94. The van der Waals surface area contributed by atoms with Gasteiger partial charge in [-0.25, -0.2) is 0 Å². The lowest BCUT2D eigenvalue weighted by atomic mass is 10.1. The maximum Gasteiger partial charge on any atom is 0.310 e. The van der Waals surface area contributed by atoms with Crippen molar-refractivity contribution in [2.75, 3.05) is 6.61 Å². The van der Waals surface area contributed by atoms with E-state index in [1.54, 1.807) is 6.20 Å². The second kappa shape index (κ2) is 6.22. The standard InChI is InChI=1S/C17H20N2O3/c1-11(12-6-7-12)19-16(20)10-22-17(21)8-13-9-18-15-5-3-2-4-14(13)15/h2-5,9,11-12,18H,6-8,10H2,1H3,(H,19,20)/t11-/m0/s1. The second-order valence-corrected chi connectivity index (χ2v) is 5.89. The van der Waals surface area contributed by atoms with Gasteiger partial charge in [-0.05, 0) is 37.3 Å². The lowest BCUT2D eigenvalue weighted by Gasteiger charge is -2.12. The van der Waals surface area contributed by atoms with Crippen LogP contribution in [0.2, 0.25) is 0 Å². The summed E-state index contributed by atoms with van der Waals surface area (Å²) in [6.07, 6.45) is 4.31. The molecule has 2 aromatic rings. The van der Waals surface area contributed by atoms with Crippen molar-refractivity contribution in [1.82, 2.24) is 10.3 Å². The lowest BCUT2D eigenvalue weighted by molar-refractivity contribution is -0.148. The molecule has 0 saturated heterocycles. The van der Waals surface area contributed by atoms with Crippen LogP contribution in [0.4, 0.5) is 0 Å². The average molecular weight is 300 g/mol. The quantitative estimate of drug-likeness (QED) is 0.803. The number of esters is 1. The number of hydrogen-bond acceptors (Lipinski definition) is 3. The van der Waals surface area contributed by atoms with Gasteiger partial charge < -0.3 is 15.0 Å². The Labute approximate surface area is 129 Å². The summed E-state index contributed by atoms with van der Waals surface area (Å²) in [6.45, 7) is 1.78. The molecule has 1 aromatic heterocycles. The number of benzene rings is 1. The van der Waals surface area contributed by atoms with E-state index < -0.39 is 0 Å². The number of para-hydroxylation sites is 1. The molecule has 2 N–H and O–H groups in total. The van der Waals surface area contributed by atoms with Crippen LogP contribution in [-0.2, 0) is 20.7 Å². The van der Waals surface area contributed by atoms with E-state index in [1.807, 2.05) is 31.2 Å². The Kier molecular flexibility index (Phi) is 4.13. The lowest BCUT2D eigenvalue weighted by Crippen LogP contribution is -2.37. The van der Waals surface area contributed by atoms with Crippen LogP contribution in [0.15, 0.2) is 30.5 Å². The molecule has 1 aliphatic rings. The first-order valence-corrected chi connectivity index (χ1v) is 7.63. The molecule has 1 atom stereocenters. The normalized spacial score (nSPS) is 15.5. The molecule has 22 heavy (non-hydrogen) atoms. The maximum atomic E-state index is 11.9. The van der Waals surface area contributed by atoms with E-state index in [2.05, 4.69) is 10.3 Å². The number of rotatable bonds is 6. The van der Waals surface area contributed by atoms with E-state index in [4.69, 9.17) is 4.74 Å². The summed E-state index contributed by atoms with van der Waals surface area (Å²) in [7, 11) is 0. The third kappa shape index (κ3) is 3.47. The minimum atomic E-state index is -0.390. The molecule has 0 aliphatic heterocycles. The van der Waals surface area contributed by atoms with Crippen molar-refractivity contribution in [2.45, 2.75) is 32.2 Å². The molecule has 0 unspecified atom stereocenters. The Hall–Kier alpha value is -2.30. The first-order chi connectivity index (χ1) is 10.6. The van der Waals surface area contributed by atoms with E-state index in [1.165, 1.54) is 12.8 Å². The van der Waals surface area contributed by atoms with Gasteiger partial charge in [0.05, 0.1) is 6.42 Å². The van der Waals surface area contributed by atoms with Crippen molar-refractivity contribution in [2.24, 2.45) is 5.92 Å². The molecule has 5 nitrogen and oxygen atoms in total. The molecular weight excluding hydrogens is 280 g/mol. The Balaban J connectivity index is 1.49. The van der Waals surface area contributed by atoms with E-state index in [0.717, 1.165) is 16.5 Å². The topological polar surface area (TPSA) is 71.2 Å². The van der Waals surface area contributed by atoms with Gasteiger partial charge in [-0.3, -0.25) is 9.59 Å². The van der Waals surface area contributed by atoms with Gasteiger partial charge in [0.1, 0.15) is 0 Å². The molecule has 1 saturated carbocycles. The number of amides is 1. The fraction of sp³-hybridized carbons (Fsp3) is 0.412. The Morgan fingerprint density at radius 1 is 1.36 bits per heavy atom. The number of nitrogens with one attached hydrogen (secondary N) is 2. The fourth-order valence-corrected chi connectivity index (χ4v) is 2.64. The van der Waals surface area contributed by atoms with Gasteiger partial charge in [-0.2, -0.15) is 0 Å². The molecule has 0 bridgehead atoms. The van der Waals surface area contributed by atoms with Gasteiger partial charge in [0.15, 0.2) is 6.61 Å². The van der Waals surface area contributed by atoms with E-state index in [0.29, 0.717) is 5.92 Å². The van der Waals surface area contributed by atoms with Crippen molar-refractivity contribution < 1.29 is 14.3 Å². The van der Waals surface area contributed by atoms with Gasteiger partial charge in [-0.15, -0.1) is 0 Å².